The molecule has 0 saturated carbocycles. The molecule has 0 spiro atoms. The van der Waals surface area contributed by atoms with Crippen molar-refractivity contribution in [1.82, 2.24) is 10.5 Å². The van der Waals surface area contributed by atoms with Crippen LogP contribution in [0.1, 0.15) is 29.5 Å². The SMILES string of the molecule is Cc1noc(C)c1CCNC(=O)C(C)N1CCc2ccccc21. The van der Waals surface area contributed by atoms with Gasteiger partial charge in [0.05, 0.1) is 5.69 Å². The second-order valence-electron chi connectivity index (χ2n) is 6.09. The number of aryl methyl sites for hydroxylation is 2. The van der Waals surface area contributed by atoms with Crippen LogP contribution in [0.4, 0.5) is 5.69 Å². The molecule has 0 saturated heterocycles. The van der Waals surface area contributed by atoms with Gasteiger partial charge in [0.1, 0.15) is 11.8 Å². The van der Waals surface area contributed by atoms with Gasteiger partial charge in [0, 0.05) is 24.3 Å². The van der Waals surface area contributed by atoms with Crippen LogP contribution in [0.3, 0.4) is 0 Å². The second kappa shape index (κ2) is 6.44. The Labute approximate surface area is 136 Å². The van der Waals surface area contributed by atoms with Crippen molar-refractivity contribution in [3.63, 3.8) is 0 Å². The average molecular weight is 313 g/mol. The molecule has 122 valence electrons. The molecule has 1 amide bonds. The summed E-state index contributed by atoms with van der Waals surface area (Å²) in [5.74, 6) is 0.895. The molecule has 1 aliphatic heterocycles. The maximum atomic E-state index is 12.4. The fraction of sp³-hybridized carbons (Fsp3) is 0.444. The van der Waals surface area contributed by atoms with E-state index < -0.39 is 0 Å². The molecule has 1 aromatic carbocycles. The molecular formula is C18H23N3O2. The molecule has 0 aliphatic carbocycles. The molecule has 2 aromatic rings. The van der Waals surface area contributed by atoms with Crippen LogP contribution in [0.2, 0.25) is 0 Å². The lowest BCUT2D eigenvalue weighted by molar-refractivity contribution is -0.122. The first-order valence-corrected chi connectivity index (χ1v) is 8.12. The first kappa shape index (κ1) is 15.6. The maximum absolute atomic E-state index is 12.4. The Morgan fingerprint density at radius 1 is 1.39 bits per heavy atom. The summed E-state index contributed by atoms with van der Waals surface area (Å²) in [6.45, 7) is 7.30. The number of para-hydroxylation sites is 1. The third-order valence-corrected chi connectivity index (χ3v) is 4.63. The van der Waals surface area contributed by atoms with Crippen molar-refractivity contribution in [2.24, 2.45) is 0 Å². The van der Waals surface area contributed by atoms with Crippen LogP contribution in [0.25, 0.3) is 0 Å². The minimum absolute atomic E-state index is 0.0634. The number of anilines is 1. The minimum atomic E-state index is -0.164. The lowest BCUT2D eigenvalue weighted by Crippen LogP contribution is -2.45. The van der Waals surface area contributed by atoms with Crippen molar-refractivity contribution in [2.75, 3.05) is 18.0 Å². The van der Waals surface area contributed by atoms with Crippen LogP contribution < -0.4 is 10.2 Å². The van der Waals surface area contributed by atoms with Gasteiger partial charge in [-0.15, -0.1) is 0 Å². The monoisotopic (exact) mass is 313 g/mol. The van der Waals surface area contributed by atoms with Gasteiger partial charge in [-0.05, 0) is 45.2 Å². The van der Waals surface area contributed by atoms with E-state index >= 15 is 0 Å². The molecule has 1 atom stereocenters. The number of carbonyl (C=O) groups is 1. The summed E-state index contributed by atoms with van der Waals surface area (Å²) >= 11 is 0. The molecular weight excluding hydrogens is 290 g/mol. The van der Waals surface area contributed by atoms with E-state index in [9.17, 15) is 4.79 Å². The summed E-state index contributed by atoms with van der Waals surface area (Å²) in [7, 11) is 0. The molecule has 0 fully saturated rings. The molecule has 0 bridgehead atoms. The summed E-state index contributed by atoms with van der Waals surface area (Å²) < 4.78 is 5.15. The van der Waals surface area contributed by atoms with E-state index in [2.05, 4.69) is 33.6 Å². The Hall–Kier alpha value is -2.30. The van der Waals surface area contributed by atoms with Gasteiger partial charge in [-0.2, -0.15) is 0 Å². The van der Waals surface area contributed by atoms with Crippen LogP contribution in [-0.2, 0) is 17.6 Å². The van der Waals surface area contributed by atoms with Crippen molar-refractivity contribution >= 4 is 11.6 Å². The number of nitrogens with zero attached hydrogens (tertiary/aromatic N) is 2. The predicted octanol–water partition coefficient (Wildman–Crippen LogP) is 2.40. The molecule has 1 aromatic heterocycles. The number of hydrogen-bond acceptors (Lipinski definition) is 4. The lowest BCUT2D eigenvalue weighted by atomic mass is 10.1. The molecule has 2 heterocycles. The number of nitrogens with one attached hydrogen (secondary N) is 1. The Morgan fingerprint density at radius 3 is 2.91 bits per heavy atom. The largest absolute Gasteiger partial charge is 0.361 e. The molecule has 1 aliphatic rings. The fourth-order valence-corrected chi connectivity index (χ4v) is 3.22. The van der Waals surface area contributed by atoms with Gasteiger partial charge >= 0.3 is 0 Å². The van der Waals surface area contributed by atoms with Gasteiger partial charge in [-0.25, -0.2) is 0 Å². The van der Waals surface area contributed by atoms with Crippen LogP contribution in [0, 0.1) is 13.8 Å². The number of rotatable bonds is 5. The zero-order valence-electron chi connectivity index (χ0n) is 13.9. The lowest BCUT2D eigenvalue weighted by Gasteiger charge is -2.26. The Morgan fingerprint density at radius 2 is 2.17 bits per heavy atom. The number of benzene rings is 1. The Bertz CT molecular complexity index is 689. The van der Waals surface area contributed by atoms with Gasteiger partial charge < -0.3 is 14.7 Å². The van der Waals surface area contributed by atoms with E-state index in [4.69, 9.17) is 4.52 Å². The van der Waals surface area contributed by atoms with Crippen molar-refractivity contribution in [2.45, 2.75) is 39.7 Å². The van der Waals surface area contributed by atoms with Gasteiger partial charge in [-0.3, -0.25) is 4.79 Å². The summed E-state index contributed by atoms with van der Waals surface area (Å²) in [4.78, 5) is 14.6. The third-order valence-electron chi connectivity index (χ3n) is 4.63. The number of amides is 1. The summed E-state index contributed by atoms with van der Waals surface area (Å²) in [5.41, 5.74) is 4.49. The number of aromatic nitrogens is 1. The van der Waals surface area contributed by atoms with Gasteiger partial charge in [0.2, 0.25) is 5.91 Å². The van der Waals surface area contributed by atoms with Gasteiger partial charge in [0.15, 0.2) is 0 Å². The smallest absolute Gasteiger partial charge is 0.242 e. The van der Waals surface area contributed by atoms with E-state index in [0.717, 1.165) is 36.4 Å². The standard InChI is InChI=1S/C18H23N3O2/c1-12-16(14(3)23-20-12)8-10-19-18(22)13(2)21-11-9-15-6-4-5-7-17(15)21/h4-7,13H,8-11H2,1-3H3,(H,19,22). The fourth-order valence-electron chi connectivity index (χ4n) is 3.22. The quantitative estimate of drug-likeness (QED) is 0.921. The van der Waals surface area contributed by atoms with E-state index in [-0.39, 0.29) is 11.9 Å². The third kappa shape index (κ3) is 3.09. The molecule has 3 rings (SSSR count). The van der Waals surface area contributed by atoms with Gasteiger partial charge in [-0.1, -0.05) is 23.4 Å². The highest BCUT2D eigenvalue weighted by atomic mass is 16.5. The molecule has 5 nitrogen and oxygen atoms in total. The molecule has 1 unspecified atom stereocenters. The Kier molecular flexibility index (Phi) is 4.37. The normalized spacial score (nSPS) is 14.7. The molecule has 5 heteroatoms. The van der Waals surface area contributed by atoms with E-state index in [1.807, 2.05) is 26.8 Å². The minimum Gasteiger partial charge on any atom is -0.361 e. The highest BCUT2D eigenvalue weighted by molar-refractivity contribution is 5.85. The number of fused-ring (bicyclic) bond motifs is 1. The average Bonchev–Trinajstić information content (AvgIpc) is 3.12. The van der Waals surface area contributed by atoms with E-state index in [1.165, 1.54) is 11.3 Å². The topological polar surface area (TPSA) is 58.4 Å². The first-order valence-electron chi connectivity index (χ1n) is 8.12. The summed E-state index contributed by atoms with van der Waals surface area (Å²) in [6, 6.07) is 8.15. The van der Waals surface area contributed by atoms with Crippen molar-refractivity contribution in [3.05, 3.63) is 46.8 Å². The second-order valence-corrected chi connectivity index (χ2v) is 6.09. The molecule has 1 N–H and O–H groups in total. The van der Waals surface area contributed by atoms with Crippen LogP contribution >= 0.6 is 0 Å². The molecule has 23 heavy (non-hydrogen) atoms. The highest BCUT2D eigenvalue weighted by Gasteiger charge is 2.27. The molecule has 0 radical (unpaired) electrons. The van der Waals surface area contributed by atoms with Crippen molar-refractivity contribution in [1.29, 1.82) is 0 Å². The van der Waals surface area contributed by atoms with E-state index in [0.29, 0.717) is 6.54 Å². The Balaban J connectivity index is 1.57. The van der Waals surface area contributed by atoms with Crippen LogP contribution in [0.15, 0.2) is 28.8 Å². The van der Waals surface area contributed by atoms with E-state index in [1.54, 1.807) is 0 Å². The number of carbonyl (C=O) groups excluding carboxylic acids is 1. The zero-order valence-corrected chi connectivity index (χ0v) is 13.9. The van der Waals surface area contributed by atoms with Crippen LogP contribution in [0.5, 0.6) is 0 Å². The highest BCUT2D eigenvalue weighted by Crippen LogP contribution is 2.29. The maximum Gasteiger partial charge on any atom is 0.242 e. The first-order chi connectivity index (χ1) is 11.1. The number of hydrogen-bond donors (Lipinski definition) is 1. The summed E-state index contributed by atoms with van der Waals surface area (Å²) in [5, 5.41) is 6.97. The van der Waals surface area contributed by atoms with Crippen molar-refractivity contribution in [3.8, 4) is 0 Å². The van der Waals surface area contributed by atoms with Gasteiger partial charge in [0.25, 0.3) is 0 Å². The van der Waals surface area contributed by atoms with Crippen LogP contribution in [-0.4, -0.2) is 30.2 Å². The van der Waals surface area contributed by atoms with Crippen molar-refractivity contribution < 1.29 is 9.32 Å². The predicted molar refractivity (Wildman–Crippen MR) is 89.6 cm³/mol. The summed E-state index contributed by atoms with van der Waals surface area (Å²) in [6.07, 6.45) is 1.75. The zero-order chi connectivity index (χ0) is 16.4.